The highest BCUT2D eigenvalue weighted by Crippen LogP contribution is 2.37. The summed E-state index contributed by atoms with van der Waals surface area (Å²) in [5.41, 5.74) is 6.02. The van der Waals surface area contributed by atoms with Gasteiger partial charge in [-0.3, -0.25) is 0 Å². The van der Waals surface area contributed by atoms with E-state index in [1.165, 1.54) is 22.4 Å². The minimum Gasteiger partial charge on any atom is -0.384 e. The van der Waals surface area contributed by atoms with E-state index in [4.69, 9.17) is 0 Å². The third kappa shape index (κ3) is 1.31. The molecule has 0 fully saturated rings. The molecule has 0 aromatic heterocycles. The first-order valence-electron chi connectivity index (χ1n) is 5.42. The van der Waals surface area contributed by atoms with Gasteiger partial charge in [0.15, 0.2) is 0 Å². The number of aryl methyl sites for hydroxylation is 2. The van der Waals surface area contributed by atoms with Gasteiger partial charge in [-0.2, -0.15) is 0 Å². The number of rotatable bonds is 1. The van der Waals surface area contributed by atoms with Crippen LogP contribution in [0, 0.1) is 6.92 Å². The summed E-state index contributed by atoms with van der Waals surface area (Å²) in [5.74, 6) is 0. The summed E-state index contributed by atoms with van der Waals surface area (Å²) in [5, 5.41) is 3.49. The van der Waals surface area contributed by atoms with Crippen molar-refractivity contribution in [3.8, 4) is 0 Å². The van der Waals surface area contributed by atoms with Gasteiger partial charge in [0.05, 0.1) is 0 Å². The molecule has 2 rings (SSSR count). The van der Waals surface area contributed by atoms with Gasteiger partial charge < -0.3 is 5.32 Å². The fraction of sp³-hybridized carbons (Fsp3) is 0.538. The van der Waals surface area contributed by atoms with Crippen LogP contribution < -0.4 is 5.32 Å². The molecule has 0 bridgehead atoms. The van der Waals surface area contributed by atoms with Gasteiger partial charge in [0.2, 0.25) is 0 Å². The van der Waals surface area contributed by atoms with Gasteiger partial charge in [0.25, 0.3) is 0 Å². The predicted octanol–water partition coefficient (Wildman–Crippen LogP) is 3.26. The van der Waals surface area contributed by atoms with Crippen LogP contribution in [0.5, 0.6) is 0 Å². The second-order valence-electron chi connectivity index (χ2n) is 4.92. The van der Waals surface area contributed by atoms with Crippen molar-refractivity contribution >= 4 is 5.69 Å². The van der Waals surface area contributed by atoms with E-state index in [1.54, 1.807) is 0 Å². The molecular formula is C13H19N. The van der Waals surface area contributed by atoms with Crippen LogP contribution in [0.3, 0.4) is 0 Å². The van der Waals surface area contributed by atoms with Gasteiger partial charge in [0, 0.05) is 17.6 Å². The summed E-state index contributed by atoms with van der Waals surface area (Å²) in [6.45, 7) is 10.1. The highest BCUT2D eigenvalue weighted by molar-refractivity contribution is 5.62. The van der Waals surface area contributed by atoms with Crippen molar-refractivity contribution in [1.82, 2.24) is 0 Å². The molecule has 1 heterocycles. The quantitative estimate of drug-likeness (QED) is 0.715. The average molecular weight is 189 g/mol. The molecule has 76 valence electrons. The van der Waals surface area contributed by atoms with Crippen LogP contribution in [0.1, 0.15) is 37.5 Å². The minimum absolute atomic E-state index is 0.298. The summed E-state index contributed by atoms with van der Waals surface area (Å²) in [4.78, 5) is 0. The van der Waals surface area contributed by atoms with E-state index >= 15 is 0 Å². The molecule has 0 radical (unpaired) electrons. The molecular weight excluding hydrogens is 170 g/mol. The molecule has 0 saturated heterocycles. The molecule has 0 aliphatic carbocycles. The van der Waals surface area contributed by atoms with E-state index < -0.39 is 0 Å². The fourth-order valence-corrected chi connectivity index (χ4v) is 2.25. The summed E-state index contributed by atoms with van der Waals surface area (Å²) in [6.07, 6.45) is 1.13. The second kappa shape index (κ2) is 3.01. The third-order valence-electron chi connectivity index (χ3n) is 3.31. The monoisotopic (exact) mass is 189 g/mol. The van der Waals surface area contributed by atoms with Crippen LogP contribution in [0.2, 0.25) is 0 Å². The number of anilines is 1. The van der Waals surface area contributed by atoms with Crippen LogP contribution >= 0.6 is 0 Å². The van der Waals surface area contributed by atoms with Crippen molar-refractivity contribution in [2.24, 2.45) is 0 Å². The van der Waals surface area contributed by atoms with Crippen molar-refractivity contribution < 1.29 is 0 Å². The van der Waals surface area contributed by atoms with Crippen LogP contribution in [0.25, 0.3) is 0 Å². The van der Waals surface area contributed by atoms with E-state index in [0.717, 1.165) is 13.0 Å². The highest BCUT2D eigenvalue weighted by Gasteiger charge is 2.29. The normalized spacial score (nSPS) is 17.7. The fourth-order valence-electron chi connectivity index (χ4n) is 2.25. The van der Waals surface area contributed by atoms with Gasteiger partial charge in [-0.15, -0.1) is 0 Å². The third-order valence-corrected chi connectivity index (χ3v) is 3.31. The molecule has 1 heteroatoms. The zero-order valence-electron chi connectivity index (χ0n) is 9.57. The maximum atomic E-state index is 3.49. The lowest BCUT2D eigenvalue weighted by Crippen LogP contribution is -2.19. The molecule has 1 aromatic rings. The Kier molecular flexibility index (Phi) is 2.06. The molecule has 14 heavy (non-hydrogen) atoms. The minimum atomic E-state index is 0.298. The average Bonchev–Trinajstić information content (AvgIpc) is 2.42. The maximum absolute atomic E-state index is 3.49. The molecule has 1 aliphatic heterocycles. The molecule has 1 N–H and O–H groups in total. The van der Waals surface area contributed by atoms with Crippen molar-refractivity contribution in [2.45, 2.75) is 39.5 Å². The smallest absolute Gasteiger partial charge is 0.0382 e. The molecule has 1 nitrogen and oxygen atoms in total. The van der Waals surface area contributed by atoms with Crippen molar-refractivity contribution in [3.05, 3.63) is 28.8 Å². The highest BCUT2D eigenvalue weighted by atomic mass is 14.9. The van der Waals surface area contributed by atoms with Gasteiger partial charge >= 0.3 is 0 Å². The first-order chi connectivity index (χ1) is 6.54. The van der Waals surface area contributed by atoms with Crippen molar-refractivity contribution in [1.29, 1.82) is 0 Å². The first-order valence-corrected chi connectivity index (χ1v) is 5.42. The van der Waals surface area contributed by atoms with Crippen LogP contribution in [-0.4, -0.2) is 6.54 Å². The summed E-state index contributed by atoms with van der Waals surface area (Å²) in [7, 11) is 0. The van der Waals surface area contributed by atoms with Gasteiger partial charge in [-0.25, -0.2) is 0 Å². The number of hydrogen-bond acceptors (Lipinski definition) is 1. The van der Waals surface area contributed by atoms with E-state index in [9.17, 15) is 0 Å². The van der Waals surface area contributed by atoms with Crippen LogP contribution in [0.15, 0.2) is 12.1 Å². The number of nitrogens with one attached hydrogen (secondary N) is 1. The summed E-state index contributed by atoms with van der Waals surface area (Å²) in [6, 6.07) is 4.67. The Morgan fingerprint density at radius 1 is 1.36 bits per heavy atom. The standard InChI is InChI=1S/C13H19N/c1-5-10-7-12-11(6-9(10)2)13(3,4)8-14-12/h6-7,14H,5,8H2,1-4H3. The van der Waals surface area contributed by atoms with Crippen molar-refractivity contribution in [3.63, 3.8) is 0 Å². The number of hydrogen-bond donors (Lipinski definition) is 1. The van der Waals surface area contributed by atoms with Gasteiger partial charge in [-0.1, -0.05) is 26.8 Å². The van der Waals surface area contributed by atoms with E-state index in [2.05, 4.69) is 45.1 Å². The predicted molar refractivity (Wildman–Crippen MR) is 62.1 cm³/mol. The molecule has 1 aromatic carbocycles. The van der Waals surface area contributed by atoms with Gasteiger partial charge in [-0.05, 0) is 36.1 Å². The van der Waals surface area contributed by atoms with E-state index in [-0.39, 0.29) is 0 Å². The molecule has 0 amide bonds. The summed E-state index contributed by atoms with van der Waals surface area (Å²) >= 11 is 0. The molecule has 0 unspecified atom stereocenters. The lowest BCUT2D eigenvalue weighted by Gasteiger charge is -2.18. The van der Waals surface area contributed by atoms with E-state index in [0.29, 0.717) is 5.41 Å². The molecule has 0 spiro atoms. The second-order valence-corrected chi connectivity index (χ2v) is 4.92. The number of fused-ring (bicyclic) bond motifs is 1. The lowest BCUT2D eigenvalue weighted by molar-refractivity contribution is 0.586. The Morgan fingerprint density at radius 3 is 2.71 bits per heavy atom. The Labute approximate surface area is 86.5 Å². The van der Waals surface area contributed by atoms with Crippen molar-refractivity contribution in [2.75, 3.05) is 11.9 Å². The zero-order valence-corrected chi connectivity index (χ0v) is 9.57. The lowest BCUT2D eigenvalue weighted by atomic mass is 9.85. The Hall–Kier alpha value is -0.980. The topological polar surface area (TPSA) is 12.0 Å². The zero-order chi connectivity index (χ0) is 10.3. The molecule has 0 atom stereocenters. The maximum Gasteiger partial charge on any atom is 0.0382 e. The largest absolute Gasteiger partial charge is 0.384 e. The van der Waals surface area contributed by atoms with E-state index in [1.807, 2.05) is 0 Å². The molecule has 1 aliphatic rings. The Bertz CT molecular complexity index is 364. The molecule has 0 saturated carbocycles. The SMILES string of the molecule is CCc1cc2c(cc1C)C(C)(C)CN2. The first kappa shape index (κ1) is 9.57. The van der Waals surface area contributed by atoms with Crippen LogP contribution in [-0.2, 0) is 11.8 Å². The number of benzene rings is 1. The van der Waals surface area contributed by atoms with Gasteiger partial charge in [0.1, 0.15) is 0 Å². The Morgan fingerprint density at radius 2 is 2.07 bits per heavy atom. The summed E-state index contributed by atoms with van der Waals surface area (Å²) < 4.78 is 0. The Balaban J connectivity index is 2.55. The van der Waals surface area contributed by atoms with Crippen LogP contribution in [0.4, 0.5) is 5.69 Å².